The number of Topliss-reactive ketones (excluding diaryl/α,β-unsaturated/α-hetero) is 1. The third-order valence-corrected chi connectivity index (χ3v) is 4.09. The van der Waals surface area contributed by atoms with E-state index in [4.69, 9.17) is 16.3 Å². The van der Waals surface area contributed by atoms with Gasteiger partial charge in [-0.25, -0.2) is 0 Å². The van der Waals surface area contributed by atoms with E-state index in [9.17, 15) is 4.79 Å². The van der Waals surface area contributed by atoms with Crippen LogP contribution in [0.15, 0.2) is 24.3 Å². The first-order chi connectivity index (χ1) is 9.65. The van der Waals surface area contributed by atoms with Crippen molar-refractivity contribution >= 4 is 17.4 Å². The lowest BCUT2D eigenvalue weighted by atomic mass is 9.98. The molecule has 0 amide bonds. The molecule has 3 nitrogen and oxygen atoms in total. The molecule has 1 N–H and O–H groups in total. The second-order valence-corrected chi connectivity index (χ2v) is 5.89. The maximum atomic E-state index is 11.8. The molecule has 1 aromatic carbocycles. The van der Waals surface area contributed by atoms with Gasteiger partial charge in [0.25, 0.3) is 0 Å². The molecule has 1 heterocycles. The van der Waals surface area contributed by atoms with Gasteiger partial charge in [-0.05, 0) is 56.3 Å². The fraction of sp³-hybridized carbons (Fsp3) is 0.562. The average molecular weight is 296 g/mol. The quantitative estimate of drug-likeness (QED) is 0.877. The fourth-order valence-corrected chi connectivity index (χ4v) is 2.60. The Hall–Kier alpha value is -0.900. The van der Waals surface area contributed by atoms with Gasteiger partial charge >= 0.3 is 0 Å². The number of halogens is 1. The summed E-state index contributed by atoms with van der Waals surface area (Å²) in [6.45, 7) is 4.22. The van der Waals surface area contributed by atoms with Crippen LogP contribution in [-0.2, 0) is 16.0 Å². The maximum Gasteiger partial charge on any atom is 0.147 e. The monoisotopic (exact) mass is 295 g/mol. The molecule has 2 rings (SSSR count). The molecule has 0 aliphatic carbocycles. The van der Waals surface area contributed by atoms with Crippen molar-refractivity contribution in [3.63, 3.8) is 0 Å². The number of ketones is 1. The Kier molecular flexibility index (Phi) is 6.02. The summed E-state index contributed by atoms with van der Waals surface area (Å²) in [6, 6.07) is 7.58. The van der Waals surface area contributed by atoms with E-state index in [1.165, 1.54) is 0 Å². The van der Waals surface area contributed by atoms with Crippen molar-refractivity contribution in [3.8, 4) is 0 Å². The number of benzene rings is 1. The average Bonchev–Trinajstić information content (AvgIpc) is 2.46. The molecule has 0 spiro atoms. The van der Waals surface area contributed by atoms with Crippen LogP contribution in [-0.4, -0.2) is 31.6 Å². The highest BCUT2D eigenvalue weighted by Gasteiger charge is 2.18. The van der Waals surface area contributed by atoms with Gasteiger partial charge < -0.3 is 10.1 Å². The van der Waals surface area contributed by atoms with Gasteiger partial charge in [0.15, 0.2) is 0 Å². The Bertz CT molecular complexity index is 427. The van der Waals surface area contributed by atoms with E-state index in [1.54, 1.807) is 6.92 Å². The van der Waals surface area contributed by atoms with E-state index in [0.29, 0.717) is 5.92 Å². The van der Waals surface area contributed by atoms with Gasteiger partial charge in [0.2, 0.25) is 0 Å². The third kappa shape index (κ3) is 4.89. The van der Waals surface area contributed by atoms with Crippen LogP contribution >= 0.6 is 11.6 Å². The van der Waals surface area contributed by atoms with Gasteiger partial charge in [-0.2, -0.15) is 0 Å². The minimum atomic E-state index is -0.112. The van der Waals surface area contributed by atoms with Crippen LogP contribution in [0.3, 0.4) is 0 Å². The summed E-state index contributed by atoms with van der Waals surface area (Å²) in [6.07, 6.45) is 2.88. The zero-order chi connectivity index (χ0) is 14.4. The van der Waals surface area contributed by atoms with Crippen molar-refractivity contribution in [1.82, 2.24) is 5.32 Å². The summed E-state index contributed by atoms with van der Waals surface area (Å²) in [5.74, 6) is 0.808. The molecule has 1 atom stereocenters. The molecule has 1 aliphatic rings. The summed E-state index contributed by atoms with van der Waals surface area (Å²) < 4.78 is 5.35. The summed E-state index contributed by atoms with van der Waals surface area (Å²) in [5.41, 5.74) is 1.13. The van der Waals surface area contributed by atoms with Gasteiger partial charge in [-0.3, -0.25) is 4.79 Å². The molecule has 1 aliphatic heterocycles. The Balaban J connectivity index is 1.86. The molecule has 0 unspecified atom stereocenters. The number of nitrogens with one attached hydrogen (secondary N) is 1. The van der Waals surface area contributed by atoms with Crippen LogP contribution in [0, 0.1) is 5.92 Å². The Morgan fingerprint density at radius 2 is 2.00 bits per heavy atom. The number of hydrogen-bond donors (Lipinski definition) is 1. The molecule has 1 fully saturated rings. The van der Waals surface area contributed by atoms with Crippen molar-refractivity contribution in [2.45, 2.75) is 32.2 Å². The number of carbonyl (C=O) groups is 1. The van der Waals surface area contributed by atoms with E-state index in [1.807, 2.05) is 24.3 Å². The first-order valence-corrected chi connectivity index (χ1v) is 7.59. The van der Waals surface area contributed by atoms with Crippen LogP contribution in [0.5, 0.6) is 0 Å². The van der Waals surface area contributed by atoms with Gasteiger partial charge in [0.1, 0.15) is 5.78 Å². The minimum Gasteiger partial charge on any atom is -0.381 e. The topological polar surface area (TPSA) is 38.3 Å². The van der Waals surface area contributed by atoms with Crippen molar-refractivity contribution in [2.24, 2.45) is 5.92 Å². The van der Waals surface area contributed by atoms with Crippen LogP contribution < -0.4 is 5.32 Å². The third-order valence-electron chi connectivity index (χ3n) is 3.84. The number of rotatable bonds is 6. The maximum absolute atomic E-state index is 11.8. The zero-order valence-electron chi connectivity index (χ0n) is 11.9. The van der Waals surface area contributed by atoms with Crippen LogP contribution in [0.25, 0.3) is 0 Å². The van der Waals surface area contributed by atoms with Crippen molar-refractivity contribution < 1.29 is 9.53 Å². The number of ether oxygens (including phenoxy) is 1. The predicted molar refractivity (Wildman–Crippen MR) is 81.2 cm³/mol. The second-order valence-electron chi connectivity index (χ2n) is 5.46. The summed E-state index contributed by atoms with van der Waals surface area (Å²) >= 11 is 5.88. The SMILES string of the molecule is CC(=O)[C@@H](Cc1ccc(Cl)cc1)NCC1CCOCC1. The highest BCUT2D eigenvalue weighted by atomic mass is 35.5. The summed E-state index contributed by atoms with van der Waals surface area (Å²) in [4.78, 5) is 11.8. The normalized spacial score (nSPS) is 17.9. The van der Waals surface area contributed by atoms with Gasteiger partial charge in [0.05, 0.1) is 6.04 Å². The molecular formula is C16H22ClNO2. The highest BCUT2D eigenvalue weighted by Crippen LogP contribution is 2.15. The van der Waals surface area contributed by atoms with E-state index in [0.717, 1.165) is 49.6 Å². The predicted octanol–water partition coefficient (Wildman–Crippen LogP) is 2.86. The van der Waals surface area contributed by atoms with Crippen LogP contribution in [0.4, 0.5) is 0 Å². The van der Waals surface area contributed by atoms with Crippen LogP contribution in [0.1, 0.15) is 25.3 Å². The zero-order valence-corrected chi connectivity index (χ0v) is 12.7. The van der Waals surface area contributed by atoms with Gasteiger partial charge in [-0.15, -0.1) is 0 Å². The van der Waals surface area contributed by atoms with E-state index < -0.39 is 0 Å². The number of carbonyl (C=O) groups excluding carboxylic acids is 1. The first-order valence-electron chi connectivity index (χ1n) is 7.21. The molecule has 0 saturated carbocycles. The van der Waals surface area contributed by atoms with E-state index in [2.05, 4.69) is 5.32 Å². The lowest BCUT2D eigenvalue weighted by Gasteiger charge is -2.25. The Morgan fingerprint density at radius 3 is 2.60 bits per heavy atom. The van der Waals surface area contributed by atoms with E-state index in [-0.39, 0.29) is 11.8 Å². The Morgan fingerprint density at radius 1 is 1.35 bits per heavy atom. The van der Waals surface area contributed by atoms with Crippen molar-refractivity contribution in [3.05, 3.63) is 34.9 Å². The molecule has 0 aromatic heterocycles. The number of hydrogen-bond acceptors (Lipinski definition) is 3. The molecule has 0 bridgehead atoms. The first kappa shape index (κ1) is 15.5. The van der Waals surface area contributed by atoms with Gasteiger partial charge in [0, 0.05) is 18.2 Å². The minimum absolute atomic E-state index is 0.112. The van der Waals surface area contributed by atoms with Crippen LogP contribution in [0.2, 0.25) is 5.02 Å². The smallest absolute Gasteiger partial charge is 0.147 e. The van der Waals surface area contributed by atoms with Crippen molar-refractivity contribution in [1.29, 1.82) is 0 Å². The molecule has 1 saturated heterocycles. The summed E-state index contributed by atoms with van der Waals surface area (Å²) in [7, 11) is 0. The molecule has 4 heteroatoms. The molecular weight excluding hydrogens is 274 g/mol. The molecule has 0 radical (unpaired) electrons. The van der Waals surface area contributed by atoms with Gasteiger partial charge in [-0.1, -0.05) is 23.7 Å². The highest BCUT2D eigenvalue weighted by molar-refractivity contribution is 6.30. The largest absolute Gasteiger partial charge is 0.381 e. The molecule has 1 aromatic rings. The lowest BCUT2D eigenvalue weighted by Crippen LogP contribution is -2.41. The second kappa shape index (κ2) is 7.77. The fourth-order valence-electron chi connectivity index (χ4n) is 2.48. The standard InChI is InChI=1S/C16H22ClNO2/c1-12(19)16(10-13-2-4-15(17)5-3-13)18-11-14-6-8-20-9-7-14/h2-5,14,16,18H,6-11H2,1H3/t16-/m1/s1. The van der Waals surface area contributed by atoms with Crippen molar-refractivity contribution in [2.75, 3.05) is 19.8 Å². The Labute approximate surface area is 125 Å². The lowest BCUT2D eigenvalue weighted by molar-refractivity contribution is -0.119. The molecule has 110 valence electrons. The molecule has 20 heavy (non-hydrogen) atoms. The summed E-state index contributed by atoms with van der Waals surface area (Å²) in [5, 5.41) is 4.14. The van der Waals surface area contributed by atoms with E-state index >= 15 is 0 Å².